The summed E-state index contributed by atoms with van der Waals surface area (Å²) in [6, 6.07) is 6.20. The van der Waals surface area contributed by atoms with Crippen LogP contribution < -0.4 is 5.32 Å². The number of benzene rings is 1. The Morgan fingerprint density at radius 2 is 2.12 bits per heavy atom. The minimum atomic E-state index is -1.05. The lowest BCUT2D eigenvalue weighted by atomic mass is 10.2. The largest absolute Gasteiger partial charge is 0.449 e. The predicted octanol–water partition coefficient (Wildman–Crippen LogP) is 4.54. The van der Waals surface area contributed by atoms with Gasteiger partial charge in [-0.15, -0.1) is 11.3 Å². The molecule has 2 aromatic rings. The van der Waals surface area contributed by atoms with Crippen LogP contribution in [0.5, 0.6) is 0 Å². The van der Waals surface area contributed by atoms with Crippen LogP contribution in [0.2, 0.25) is 0 Å². The van der Waals surface area contributed by atoms with E-state index in [2.05, 4.69) is 21.2 Å². The number of hydrogen-bond acceptors (Lipinski definition) is 4. The Kier molecular flexibility index (Phi) is 6.28. The van der Waals surface area contributed by atoms with Crippen molar-refractivity contribution in [3.05, 3.63) is 56.5 Å². The first-order chi connectivity index (χ1) is 11.4. The van der Waals surface area contributed by atoms with Gasteiger partial charge in [0.05, 0.1) is 5.69 Å². The number of rotatable bonds is 5. The molecule has 7 heteroatoms. The minimum Gasteiger partial charge on any atom is -0.449 e. The molecule has 0 saturated carbocycles. The van der Waals surface area contributed by atoms with Gasteiger partial charge in [-0.1, -0.05) is 15.9 Å². The van der Waals surface area contributed by atoms with Crippen molar-refractivity contribution in [2.75, 3.05) is 5.32 Å². The zero-order valence-corrected chi connectivity index (χ0v) is 15.4. The molecule has 1 amide bonds. The highest BCUT2D eigenvalue weighted by atomic mass is 79.9. The SMILES string of the molecule is Cc1ccsc1/C=C/C(=O)O[C@@H](C)C(=O)Nc1ccc(Br)cc1F. The first kappa shape index (κ1) is 18.4. The molecule has 4 nitrogen and oxygen atoms in total. The van der Waals surface area contributed by atoms with Crippen LogP contribution in [0.1, 0.15) is 17.4 Å². The van der Waals surface area contributed by atoms with Crippen molar-refractivity contribution in [3.63, 3.8) is 0 Å². The lowest BCUT2D eigenvalue weighted by Crippen LogP contribution is -2.29. The van der Waals surface area contributed by atoms with E-state index in [0.717, 1.165) is 10.4 Å². The molecule has 0 aliphatic rings. The molecule has 0 saturated heterocycles. The molecule has 1 aromatic heterocycles. The molecule has 0 unspecified atom stereocenters. The molecule has 126 valence electrons. The van der Waals surface area contributed by atoms with Crippen molar-refractivity contribution in [3.8, 4) is 0 Å². The van der Waals surface area contributed by atoms with Gasteiger partial charge in [0.15, 0.2) is 6.10 Å². The Morgan fingerprint density at radius 3 is 2.75 bits per heavy atom. The van der Waals surface area contributed by atoms with Crippen molar-refractivity contribution < 1.29 is 18.7 Å². The van der Waals surface area contributed by atoms with E-state index in [1.165, 1.54) is 36.5 Å². The van der Waals surface area contributed by atoms with E-state index in [9.17, 15) is 14.0 Å². The van der Waals surface area contributed by atoms with Gasteiger partial charge in [-0.2, -0.15) is 0 Å². The van der Waals surface area contributed by atoms with Gasteiger partial charge in [0, 0.05) is 15.4 Å². The van der Waals surface area contributed by atoms with Gasteiger partial charge < -0.3 is 10.1 Å². The smallest absolute Gasteiger partial charge is 0.331 e. The number of halogens is 2. The minimum absolute atomic E-state index is 0.0239. The van der Waals surface area contributed by atoms with E-state index < -0.39 is 23.8 Å². The highest BCUT2D eigenvalue weighted by Gasteiger charge is 2.18. The lowest BCUT2D eigenvalue weighted by Gasteiger charge is -2.13. The highest BCUT2D eigenvalue weighted by molar-refractivity contribution is 9.10. The number of anilines is 1. The molecule has 0 spiro atoms. The van der Waals surface area contributed by atoms with Crippen LogP contribution in [0.3, 0.4) is 0 Å². The number of nitrogens with one attached hydrogen (secondary N) is 1. The van der Waals surface area contributed by atoms with E-state index in [1.54, 1.807) is 12.1 Å². The molecule has 0 bridgehead atoms. The number of esters is 1. The second-order valence-corrected chi connectivity index (χ2v) is 6.86. The fourth-order valence-electron chi connectivity index (χ4n) is 1.79. The number of amides is 1. The van der Waals surface area contributed by atoms with E-state index in [1.807, 2.05) is 18.4 Å². The second-order valence-electron chi connectivity index (χ2n) is 4.99. The fourth-order valence-corrected chi connectivity index (χ4v) is 2.94. The summed E-state index contributed by atoms with van der Waals surface area (Å²) in [7, 11) is 0. The predicted molar refractivity (Wildman–Crippen MR) is 96.4 cm³/mol. The zero-order chi connectivity index (χ0) is 17.7. The Bertz CT molecular complexity index is 788. The number of carbonyl (C=O) groups is 2. The zero-order valence-electron chi connectivity index (χ0n) is 13.0. The molecule has 1 heterocycles. The number of thiophene rings is 1. The van der Waals surface area contributed by atoms with Gasteiger partial charge in [0.1, 0.15) is 5.82 Å². The molecular formula is C17H15BrFNO3S. The number of carbonyl (C=O) groups excluding carboxylic acids is 2. The maximum Gasteiger partial charge on any atom is 0.331 e. The normalized spacial score (nSPS) is 12.2. The maximum atomic E-state index is 13.7. The van der Waals surface area contributed by atoms with Crippen molar-refractivity contribution in [1.29, 1.82) is 0 Å². The third kappa shape index (κ3) is 5.01. The third-order valence-electron chi connectivity index (χ3n) is 3.12. The van der Waals surface area contributed by atoms with Crippen molar-refractivity contribution in [2.45, 2.75) is 20.0 Å². The number of hydrogen-bond donors (Lipinski definition) is 1. The standard InChI is InChI=1S/C17H15BrFNO3S/c1-10-7-8-24-15(10)5-6-16(21)23-11(2)17(22)20-14-4-3-12(18)9-13(14)19/h3-9,11H,1-2H3,(H,20,22)/b6-5+/t11-/m0/s1. The highest BCUT2D eigenvalue weighted by Crippen LogP contribution is 2.20. The van der Waals surface area contributed by atoms with Crippen molar-refractivity contribution in [2.24, 2.45) is 0 Å². The summed E-state index contributed by atoms with van der Waals surface area (Å²) < 4.78 is 19.3. The van der Waals surface area contributed by atoms with Crippen LogP contribution in [0.25, 0.3) is 6.08 Å². The summed E-state index contributed by atoms with van der Waals surface area (Å²) >= 11 is 4.64. The second kappa shape index (κ2) is 8.21. The Labute approximate surface area is 151 Å². The van der Waals surface area contributed by atoms with Gasteiger partial charge in [0.25, 0.3) is 5.91 Å². The summed E-state index contributed by atoms with van der Waals surface area (Å²) in [5.41, 5.74) is 1.08. The van der Waals surface area contributed by atoms with E-state index in [0.29, 0.717) is 4.47 Å². The van der Waals surface area contributed by atoms with Gasteiger partial charge >= 0.3 is 5.97 Å². The molecule has 0 aliphatic heterocycles. The van der Waals surface area contributed by atoms with E-state index in [4.69, 9.17) is 4.74 Å². The van der Waals surface area contributed by atoms with Gasteiger partial charge in [0.2, 0.25) is 0 Å². The fraction of sp³-hybridized carbons (Fsp3) is 0.176. The third-order valence-corrected chi connectivity index (χ3v) is 4.60. The van der Waals surface area contributed by atoms with Crippen LogP contribution in [0.15, 0.2) is 40.2 Å². The van der Waals surface area contributed by atoms with Gasteiger partial charge in [-0.25, -0.2) is 9.18 Å². The van der Waals surface area contributed by atoms with Gasteiger partial charge in [-0.3, -0.25) is 4.79 Å². The first-order valence-electron chi connectivity index (χ1n) is 7.05. The summed E-state index contributed by atoms with van der Waals surface area (Å²) in [6.45, 7) is 3.36. The molecule has 2 rings (SSSR count). The average molecular weight is 412 g/mol. The van der Waals surface area contributed by atoms with Crippen LogP contribution in [0, 0.1) is 12.7 Å². The summed E-state index contributed by atoms with van der Waals surface area (Å²) in [5.74, 6) is -1.82. The topological polar surface area (TPSA) is 55.4 Å². The number of aryl methyl sites for hydroxylation is 1. The molecule has 0 fully saturated rings. The molecule has 0 radical (unpaired) electrons. The lowest BCUT2D eigenvalue weighted by molar-refractivity contribution is -0.148. The Hall–Kier alpha value is -1.99. The maximum absolute atomic E-state index is 13.7. The van der Waals surface area contributed by atoms with Crippen LogP contribution in [-0.4, -0.2) is 18.0 Å². The Morgan fingerprint density at radius 1 is 1.38 bits per heavy atom. The van der Waals surface area contributed by atoms with Crippen LogP contribution >= 0.6 is 27.3 Å². The molecule has 0 aliphatic carbocycles. The van der Waals surface area contributed by atoms with Crippen molar-refractivity contribution >= 4 is 50.9 Å². The number of ether oxygens (including phenoxy) is 1. The first-order valence-corrected chi connectivity index (χ1v) is 8.73. The summed E-state index contributed by atoms with van der Waals surface area (Å²) in [4.78, 5) is 24.7. The Balaban J connectivity index is 1.92. The summed E-state index contributed by atoms with van der Waals surface area (Å²) in [5, 5.41) is 4.31. The monoisotopic (exact) mass is 411 g/mol. The molecule has 1 aromatic carbocycles. The van der Waals surface area contributed by atoms with E-state index in [-0.39, 0.29) is 5.69 Å². The van der Waals surface area contributed by atoms with Crippen LogP contribution in [-0.2, 0) is 14.3 Å². The molecule has 1 N–H and O–H groups in total. The van der Waals surface area contributed by atoms with Crippen molar-refractivity contribution in [1.82, 2.24) is 0 Å². The van der Waals surface area contributed by atoms with Gasteiger partial charge in [-0.05, 0) is 55.1 Å². The summed E-state index contributed by atoms with van der Waals surface area (Å²) in [6.07, 6.45) is 1.86. The molecule has 24 heavy (non-hydrogen) atoms. The quantitative estimate of drug-likeness (QED) is 0.580. The molecular weight excluding hydrogens is 397 g/mol. The van der Waals surface area contributed by atoms with E-state index >= 15 is 0 Å². The molecule has 1 atom stereocenters. The average Bonchev–Trinajstić information content (AvgIpc) is 2.93. The van der Waals surface area contributed by atoms with Crippen LogP contribution in [0.4, 0.5) is 10.1 Å².